The van der Waals surface area contributed by atoms with Gasteiger partial charge in [0.25, 0.3) is 0 Å². The van der Waals surface area contributed by atoms with E-state index in [0.717, 1.165) is 13.0 Å². The molecule has 1 fully saturated rings. The molecule has 1 unspecified atom stereocenters. The molecule has 21 heavy (non-hydrogen) atoms. The average molecular weight is 312 g/mol. The molecule has 1 N–H and O–H groups in total. The Labute approximate surface area is 133 Å². The zero-order chi connectivity index (χ0) is 15.8. The summed E-state index contributed by atoms with van der Waals surface area (Å²) in [5.74, 6) is 0.342. The van der Waals surface area contributed by atoms with Crippen LogP contribution in [0.2, 0.25) is 5.02 Å². The van der Waals surface area contributed by atoms with E-state index in [1.54, 1.807) is 12.1 Å². The lowest BCUT2D eigenvalue weighted by atomic mass is 9.96. The molecular formula is C18H27ClFN. The first-order valence-corrected chi connectivity index (χ1v) is 8.27. The third-order valence-electron chi connectivity index (χ3n) is 5.68. The standard InChI is InChI=1S/C18H27ClFN/c1-6-10-21-15(16-17(2,3)18(16,4)5)11-12-13(19)8-7-9-14(12)20/h7-9,15-16,21H,6,10-11H2,1-5H3. The highest BCUT2D eigenvalue weighted by Crippen LogP contribution is 2.69. The van der Waals surface area contributed by atoms with Gasteiger partial charge >= 0.3 is 0 Å². The van der Waals surface area contributed by atoms with E-state index in [1.807, 2.05) is 0 Å². The summed E-state index contributed by atoms with van der Waals surface area (Å²) in [4.78, 5) is 0. The van der Waals surface area contributed by atoms with Crippen LogP contribution >= 0.6 is 11.6 Å². The van der Waals surface area contributed by atoms with Gasteiger partial charge < -0.3 is 5.32 Å². The summed E-state index contributed by atoms with van der Waals surface area (Å²) >= 11 is 6.21. The van der Waals surface area contributed by atoms with Crippen molar-refractivity contribution in [3.8, 4) is 0 Å². The number of hydrogen-bond acceptors (Lipinski definition) is 1. The second-order valence-corrected chi connectivity index (χ2v) is 7.79. The first-order valence-electron chi connectivity index (χ1n) is 7.89. The largest absolute Gasteiger partial charge is 0.313 e. The van der Waals surface area contributed by atoms with Crippen LogP contribution in [0.25, 0.3) is 0 Å². The third kappa shape index (κ3) is 2.98. The van der Waals surface area contributed by atoms with Crippen molar-refractivity contribution < 1.29 is 4.39 Å². The van der Waals surface area contributed by atoms with E-state index in [-0.39, 0.29) is 22.7 Å². The van der Waals surface area contributed by atoms with E-state index in [4.69, 9.17) is 11.6 Å². The maximum atomic E-state index is 14.1. The molecule has 0 radical (unpaired) electrons. The molecule has 0 saturated heterocycles. The Balaban J connectivity index is 2.23. The predicted octanol–water partition coefficient (Wildman–Crippen LogP) is 5.07. The van der Waals surface area contributed by atoms with Crippen LogP contribution in [0.15, 0.2) is 18.2 Å². The summed E-state index contributed by atoms with van der Waals surface area (Å²) in [5, 5.41) is 4.16. The van der Waals surface area contributed by atoms with Crippen molar-refractivity contribution in [2.45, 2.75) is 53.5 Å². The molecule has 0 aliphatic heterocycles. The minimum atomic E-state index is -0.193. The number of halogens is 2. The molecule has 1 nitrogen and oxygen atoms in total. The lowest BCUT2D eigenvalue weighted by Crippen LogP contribution is -2.36. The van der Waals surface area contributed by atoms with Crippen molar-refractivity contribution in [1.29, 1.82) is 0 Å². The van der Waals surface area contributed by atoms with Crippen LogP contribution in [-0.2, 0) is 6.42 Å². The summed E-state index contributed by atoms with van der Waals surface area (Å²) in [6, 6.07) is 5.21. The van der Waals surface area contributed by atoms with Crippen LogP contribution in [0.5, 0.6) is 0 Å². The Bertz CT molecular complexity index is 476. The van der Waals surface area contributed by atoms with Crippen molar-refractivity contribution in [2.75, 3.05) is 6.54 Å². The minimum Gasteiger partial charge on any atom is -0.313 e. The third-order valence-corrected chi connectivity index (χ3v) is 6.03. The van der Waals surface area contributed by atoms with Crippen molar-refractivity contribution in [3.63, 3.8) is 0 Å². The zero-order valence-electron chi connectivity index (χ0n) is 13.8. The minimum absolute atomic E-state index is 0.193. The van der Waals surface area contributed by atoms with E-state index < -0.39 is 0 Å². The molecule has 3 heteroatoms. The smallest absolute Gasteiger partial charge is 0.127 e. The van der Waals surface area contributed by atoms with Crippen LogP contribution < -0.4 is 5.32 Å². The molecule has 1 aromatic rings. The summed E-state index contributed by atoms with van der Waals surface area (Å²) in [6.07, 6.45) is 1.73. The van der Waals surface area contributed by atoms with Crippen LogP contribution in [-0.4, -0.2) is 12.6 Å². The first kappa shape index (κ1) is 16.8. The van der Waals surface area contributed by atoms with Crippen molar-refractivity contribution in [1.82, 2.24) is 5.32 Å². The fourth-order valence-corrected chi connectivity index (χ4v) is 4.08. The predicted molar refractivity (Wildman–Crippen MR) is 88.2 cm³/mol. The number of hydrogen-bond donors (Lipinski definition) is 1. The molecule has 0 amide bonds. The molecule has 1 aliphatic carbocycles. The first-order chi connectivity index (χ1) is 9.73. The van der Waals surface area contributed by atoms with Gasteiger partial charge in [-0.05, 0) is 48.3 Å². The second-order valence-electron chi connectivity index (χ2n) is 7.39. The molecule has 1 aliphatic rings. The maximum absolute atomic E-state index is 14.1. The summed E-state index contributed by atoms with van der Waals surface area (Å²) in [6.45, 7) is 12.3. The SMILES string of the molecule is CCCNC(Cc1c(F)cccc1Cl)C1C(C)(C)C1(C)C. The fourth-order valence-electron chi connectivity index (χ4n) is 3.84. The van der Waals surface area contributed by atoms with Gasteiger partial charge in [0.1, 0.15) is 5.82 Å². The number of rotatable bonds is 6. The highest BCUT2D eigenvalue weighted by atomic mass is 35.5. The molecule has 0 spiro atoms. The molecule has 0 bridgehead atoms. The zero-order valence-corrected chi connectivity index (χ0v) is 14.5. The molecule has 0 aromatic heterocycles. The highest BCUT2D eigenvalue weighted by molar-refractivity contribution is 6.31. The van der Waals surface area contributed by atoms with Gasteiger partial charge in [0.15, 0.2) is 0 Å². The van der Waals surface area contributed by atoms with Gasteiger partial charge in [-0.25, -0.2) is 4.39 Å². The molecule has 1 aromatic carbocycles. The van der Waals surface area contributed by atoms with E-state index in [9.17, 15) is 4.39 Å². The number of nitrogens with one attached hydrogen (secondary N) is 1. The van der Waals surface area contributed by atoms with Crippen LogP contribution in [0.4, 0.5) is 4.39 Å². The molecule has 1 atom stereocenters. The topological polar surface area (TPSA) is 12.0 Å². The Kier molecular flexibility index (Phi) is 4.70. The van der Waals surface area contributed by atoms with Gasteiger partial charge in [-0.1, -0.05) is 52.3 Å². The van der Waals surface area contributed by atoms with Crippen molar-refractivity contribution >= 4 is 11.6 Å². The van der Waals surface area contributed by atoms with Gasteiger partial charge in [0.05, 0.1) is 0 Å². The quantitative estimate of drug-likeness (QED) is 0.773. The molecule has 118 valence electrons. The Morgan fingerprint density at radius 1 is 1.24 bits per heavy atom. The van der Waals surface area contributed by atoms with Crippen LogP contribution in [0.3, 0.4) is 0 Å². The van der Waals surface area contributed by atoms with Crippen LogP contribution in [0.1, 0.15) is 46.6 Å². The molecule has 0 heterocycles. The van der Waals surface area contributed by atoms with Gasteiger partial charge in [0.2, 0.25) is 0 Å². The lowest BCUT2D eigenvalue weighted by Gasteiger charge is -2.22. The van der Waals surface area contributed by atoms with E-state index in [2.05, 4.69) is 39.9 Å². The van der Waals surface area contributed by atoms with Crippen molar-refractivity contribution in [3.05, 3.63) is 34.6 Å². The van der Waals surface area contributed by atoms with Crippen LogP contribution in [0, 0.1) is 22.6 Å². The second kappa shape index (κ2) is 5.89. The van der Waals surface area contributed by atoms with E-state index >= 15 is 0 Å². The van der Waals surface area contributed by atoms with Gasteiger partial charge in [-0.3, -0.25) is 0 Å². The summed E-state index contributed by atoms with van der Waals surface area (Å²) in [5.41, 5.74) is 1.19. The van der Waals surface area contributed by atoms with E-state index in [1.165, 1.54) is 6.07 Å². The number of benzene rings is 1. The summed E-state index contributed by atoms with van der Waals surface area (Å²) < 4.78 is 14.1. The normalized spacial score (nSPS) is 21.3. The Hall–Kier alpha value is -0.600. The Morgan fingerprint density at radius 3 is 2.33 bits per heavy atom. The highest BCUT2D eigenvalue weighted by Gasteiger charge is 2.66. The van der Waals surface area contributed by atoms with Crippen molar-refractivity contribution in [2.24, 2.45) is 16.7 Å². The van der Waals surface area contributed by atoms with E-state index in [0.29, 0.717) is 22.9 Å². The molecular weight excluding hydrogens is 285 g/mol. The fraction of sp³-hybridized carbons (Fsp3) is 0.667. The van der Waals surface area contributed by atoms with Gasteiger partial charge in [0, 0.05) is 16.6 Å². The monoisotopic (exact) mass is 311 g/mol. The molecule has 1 saturated carbocycles. The molecule has 2 rings (SSSR count). The Morgan fingerprint density at radius 2 is 1.86 bits per heavy atom. The average Bonchev–Trinajstić information content (AvgIpc) is 2.79. The maximum Gasteiger partial charge on any atom is 0.127 e. The lowest BCUT2D eigenvalue weighted by molar-refractivity contribution is 0.391. The van der Waals surface area contributed by atoms with Gasteiger partial charge in [-0.2, -0.15) is 0 Å². The van der Waals surface area contributed by atoms with Gasteiger partial charge in [-0.15, -0.1) is 0 Å². The summed E-state index contributed by atoms with van der Waals surface area (Å²) in [7, 11) is 0.